The third-order valence-electron chi connectivity index (χ3n) is 7.10. The molecule has 0 aromatic carbocycles. The number of carboxylic acids is 1. The Balaban J connectivity index is 1.76. The molecule has 1 heterocycles. The Morgan fingerprint density at radius 2 is 1.72 bits per heavy atom. The van der Waals surface area contributed by atoms with E-state index in [0.717, 1.165) is 70.6 Å². The fourth-order valence-corrected chi connectivity index (χ4v) is 5.29. The molecule has 0 radical (unpaired) electrons. The first-order chi connectivity index (χ1) is 14.1. The van der Waals surface area contributed by atoms with Crippen molar-refractivity contribution in [2.24, 2.45) is 17.8 Å². The highest BCUT2D eigenvalue weighted by Gasteiger charge is 2.45. The average Bonchev–Trinajstić information content (AvgIpc) is 3.06. The largest absolute Gasteiger partial charge is 0.481 e. The zero-order valence-corrected chi connectivity index (χ0v) is 18.7. The van der Waals surface area contributed by atoms with Crippen molar-refractivity contribution in [2.45, 2.75) is 116 Å². The van der Waals surface area contributed by atoms with Crippen LogP contribution in [0.4, 0.5) is 0 Å². The Kier molecular flexibility index (Phi) is 11.6. The second kappa shape index (κ2) is 13.6. The van der Waals surface area contributed by atoms with Crippen LogP contribution in [0, 0.1) is 17.8 Å². The molecule has 0 spiro atoms. The lowest BCUT2D eigenvalue weighted by Crippen LogP contribution is -2.38. The average molecular weight is 413 g/mol. The van der Waals surface area contributed by atoms with E-state index in [1.54, 1.807) is 0 Å². The van der Waals surface area contributed by atoms with Crippen molar-refractivity contribution in [2.75, 3.05) is 13.2 Å². The first-order valence-corrected chi connectivity index (χ1v) is 12.2. The van der Waals surface area contributed by atoms with E-state index in [1.165, 1.54) is 12.8 Å². The van der Waals surface area contributed by atoms with E-state index >= 15 is 0 Å². The minimum Gasteiger partial charge on any atom is -0.481 e. The number of unbranched alkanes of at least 4 members (excludes halogenated alkanes) is 4. The third kappa shape index (κ3) is 8.18. The summed E-state index contributed by atoms with van der Waals surface area (Å²) < 4.78 is 12.1. The fraction of sp³-hybridized carbons (Fsp3) is 0.958. The molecule has 2 fully saturated rings. The Bertz CT molecular complexity index is 455. The number of fused-ring (bicyclic) bond motifs is 1. The Morgan fingerprint density at radius 3 is 2.45 bits per heavy atom. The van der Waals surface area contributed by atoms with Crippen LogP contribution in [0.2, 0.25) is 0 Å². The molecule has 0 amide bonds. The highest BCUT2D eigenvalue weighted by atomic mass is 16.6. The lowest BCUT2D eigenvalue weighted by molar-refractivity contribution is -0.142. The summed E-state index contributed by atoms with van der Waals surface area (Å²) in [5.74, 6) is 0.246. The maximum absolute atomic E-state index is 11.2. The maximum atomic E-state index is 11.2. The quantitative estimate of drug-likeness (QED) is 0.362. The van der Waals surface area contributed by atoms with E-state index in [9.17, 15) is 15.0 Å². The zero-order valence-electron chi connectivity index (χ0n) is 18.7. The monoisotopic (exact) mass is 412 g/mol. The van der Waals surface area contributed by atoms with Gasteiger partial charge in [-0.1, -0.05) is 52.4 Å². The Hall–Kier alpha value is -0.650. The smallest absolute Gasteiger partial charge is 0.306 e. The van der Waals surface area contributed by atoms with Crippen molar-refractivity contribution >= 4 is 5.97 Å². The van der Waals surface area contributed by atoms with Gasteiger partial charge < -0.3 is 19.7 Å². The highest BCUT2D eigenvalue weighted by molar-refractivity contribution is 5.69. The van der Waals surface area contributed by atoms with Gasteiger partial charge in [0.2, 0.25) is 0 Å². The molecular formula is C24H44O5. The van der Waals surface area contributed by atoms with Gasteiger partial charge in [0, 0.05) is 0 Å². The second-order valence-corrected chi connectivity index (χ2v) is 9.21. The van der Waals surface area contributed by atoms with E-state index in [2.05, 4.69) is 6.92 Å². The summed E-state index contributed by atoms with van der Waals surface area (Å²) in [6.45, 7) is 5.55. The van der Waals surface area contributed by atoms with E-state index in [4.69, 9.17) is 9.47 Å². The number of carbonyl (C=O) groups is 1. The molecule has 0 bridgehead atoms. The molecule has 1 aliphatic carbocycles. The zero-order chi connectivity index (χ0) is 21.1. The summed E-state index contributed by atoms with van der Waals surface area (Å²) in [6, 6.07) is 0. The van der Waals surface area contributed by atoms with Gasteiger partial charge in [-0.05, 0) is 56.8 Å². The van der Waals surface area contributed by atoms with Crippen molar-refractivity contribution in [1.82, 2.24) is 0 Å². The molecule has 4 unspecified atom stereocenters. The van der Waals surface area contributed by atoms with Gasteiger partial charge >= 0.3 is 5.97 Å². The molecule has 2 aliphatic rings. The predicted molar refractivity (Wildman–Crippen MR) is 115 cm³/mol. The normalized spacial score (nSPS) is 28.8. The minimum atomic E-state index is -0.656. The van der Waals surface area contributed by atoms with Crippen molar-refractivity contribution in [3.8, 4) is 0 Å². The summed E-state index contributed by atoms with van der Waals surface area (Å²) in [6.07, 6.45) is 13.6. The molecule has 1 saturated heterocycles. The van der Waals surface area contributed by atoms with E-state index in [1.807, 2.05) is 6.92 Å². The molecule has 1 saturated carbocycles. The van der Waals surface area contributed by atoms with Gasteiger partial charge in [0.15, 0.2) is 0 Å². The molecule has 170 valence electrons. The number of aliphatic hydroxyl groups is 1. The molecule has 0 aromatic heterocycles. The van der Waals surface area contributed by atoms with Crippen LogP contribution in [0.5, 0.6) is 0 Å². The van der Waals surface area contributed by atoms with Gasteiger partial charge in [-0.2, -0.15) is 0 Å². The molecular weight excluding hydrogens is 368 g/mol. The van der Waals surface area contributed by atoms with Gasteiger partial charge in [-0.15, -0.1) is 0 Å². The summed E-state index contributed by atoms with van der Waals surface area (Å²) in [4.78, 5) is 11.2. The summed E-state index contributed by atoms with van der Waals surface area (Å²) in [5, 5.41) is 19.5. The molecule has 2 rings (SSSR count). The number of carboxylic acid groups (broad SMARTS) is 1. The standard InChI is InChI=1S/C24H44O5/c1-3-5-7-11-20(25)14-13-19-17-22-23(29-16-15-28-22)21(19)12-9-6-8-10-18(4-2)24(26)27/h18-23,25H,3-17H2,1-2H3,(H,26,27)/t18?,19-,20?,21+,22?,23?/m0/s1. The molecule has 1 aliphatic heterocycles. The molecule has 2 N–H and O–H groups in total. The highest BCUT2D eigenvalue weighted by Crippen LogP contribution is 2.43. The molecule has 0 aromatic rings. The first-order valence-electron chi connectivity index (χ1n) is 12.2. The summed E-state index contributed by atoms with van der Waals surface area (Å²) in [7, 11) is 0. The molecule has 5 heteroatoms. The maximum Gasteiger partial charge on any atom is 0.306 e. The number of rotatable bonds is 15. The summed E-state index contributed by atoms with van der Waals surface area (Å²) in [5.41, 5.74) is 0. The topological polar surface area (TPSA) is 76.0 Å². The van der Waals surface area contributed by atoms with Crippen LogP contribution in [-0.4, -0.2) is 47.7 Å². The van der Waals surface area contributed by atoms with Gasteiger partial charge in [0.1, 0.15) is 0 Å². The van der Waals surface area contributed by atoms with Crippen molar-refractivity contribution < 1.29 is 24.5 Å². The van der Waals surface area contributed by atoms with Crippen molar-refractivity contribution in [3.05, 3.63) is 0 Å². The third-order valence-corrected chi connectivity index (χ3v) is 7.10. The number of ether oxygens (including phenoxy) is 2. The number of aliphatic carboxylic acids is 1. The van der Waals surface area contributed by atoms with Crippen LogP contribution in [0.3, 0.4) is 0 Å². The number of hydrogen-bond acceptors (Lipinski definition) is 4. The van der Waals surface area contributed by atoms with Crippen LogP contribution in [-0.2, 0) is 14.3 Å². The molecule has 6 atom stereocenters. The SMILES string of the molecule is CCCCCC(O)CC[C@H]1CC2OCCOC2[C@@H]1CCCCCC(CC)C(=O)O. The van der Waals surface area contributed by atoms with Crippen LogP contribution in [0.1, 0.15) is 97.3 Å². The van der Waals surface area contributed by atoms with E-state index in [0.29, 0.717) is 25.0 Å². The Morgan fingerprint density at radius 1 is 0.966 bits per heavy atom. The lowest BCUT2D eigenvalue weighted by atomic mass is 9.85. The van der Waals surface area contributed by atoms with Crippen LogP contribution in [0.25, 0.3) is 0 Å². The van der Waals surface area contributed by atoms with Gasteiger partial charge in [-0.25, -0.2) is 0 Å². The molecule has 5 nitrogen and oxygen atoms in total. The Labute approximate surface area is 177 Å². The summed E-state index contributed by atoms with van der Waals surface area (Å²) >= 11 is 0. The number of aliphatic hydroxyl groups excluding tert-OH is 1. The van der Waals surface area contributed by atoms with Crippen molar-refractivity contribution in [1.29, 1.82) is 0 Å². The van der Waals surface area contributed by atoms with Crippen LogP contribution in [0.15, 0.2) is 0 Å². The molecule has 29 heavy (non-hydrogen) atoms. The van der Waals surface area contributed by atoms with Gasteiger partial charge in [-0.3, -0.25) is 4.79 Å². The minimum absolute atomic E-state index is 0.173. The lowest BCUT2D eigenvalue weighted by Gasteiger charge is -2.31. The van der Waals surface area contributed by atoms with E-state index in [-0.39, 0.29) is 24.2 Å². The predicted octanol–water partition coefficient (Wildman–Crippen LogP) is 5.19. The fourth-order valence-electron chi connectivity index (χ4n) is 5.29. The van der Waals surface area contributed by atoms with E-state index < -0.39 is 5.97 Å². The number of hydrogen-bond donors (Lipinski definition) is 2. The van der Waals surface area contributed by atoms with Gasteiger partial charge in [0.25, 0.3) is 0 Å². The first kappa shape index (κ1) is 24.6. The van der Waals surface area contributed by atoms with Crippen LogP contribution >= 0.6 is 0 Å². The van der Waals surface area contributed by atoms with Crippen LogP contribution < -0.4 is 0 Å². The second-order valence-electron chi connectivity index (χ2n) is 9.21. The van der Waals surface area contributed by atoms with Crippen molar-refractivity contribution in [3.63, 3.8) is 0 Å². The van der Waals surface area contributed by atoms with Gasteiger partial charge in [0.05, 0.1) is 37.4 Å².